The van der Waals surface area contributed by atoms with Gasteiger partial charge < -0.3 is 26.2 Å². The molecule has 0 heterocycles. The fourth-order valence-electron chi connectivity index (χ4n) is 1.43. The second kappa shape index (κ2) is 9.15. The summed E-state index contributed by atoms with van der Waals surface area (Å²) in [5.41, 5.74) is 4.91. The molecule has 0 radical (unpaired) electrons. The quantitative estimate of drug-likeness (QED) is 0.433. The molecule has 0 saturated carbocycles. The number of hydrogen-bond donors (Lipinski definition) is 4. The Morgan fingerprint density at radius 1 is 1.32 bits per heavy atom. The lowest BCUT2D eigenvalue weighted by Crippen LogP contribution is -2.50. The number of primary amides is 1. The van der Waals surface area contributed by atoms with E-state index in [0.29, 0.717) is 6.54 Å². The molecule has 19 heavy (non-hydrogen) atoms. The summed E-state index contributed by atoms with van der Waals surface area (Å²) in [5.74, 6) is -2.14. The molecule has 3 amide bonds. The second-order valence-electron chi connectivity index (χ2n) is 4.07. The Kier molecular flexibility index (Phi) is 8.27. The zero-order valence-corrected chi connectivity index (χ0v) is 11.0. The number of rotatable bonds is 9. The zero-order chi connectivity index (χ0) is 14.8. The maximum atomic E-state index is 11.8. The van der Waals surface area contributed by atoms with Gasteiger partial charge >= 0.3 is 12.0 Å². The van der Waals surface area contributed by atoms with Crippen molar-refractivity contribution in [3.63, 3.8) is 0 Å². The smallest absolute Gasteiger partial charge is 0.326 e. The number of nitrogens with two attached hydrogens (primary N) is 1. The second-order valence-corrected chi connectivity index (χ2v) is 4.07. The minimum absolute atomic E-state index is 0.106. The standard InChI is InChI=1S/C11H21N3O5/c1-2-3-4-14(5-6-15)11(19)13-8(10(17)18)7-9(12)16/h8,15H,2-7H2,1H3,(H2,12,16)(H,13,19)(H,17,18)/t8-/m1/s1. The Labute approximate surface area is 111 Å². The van der Waals surface area contributed by atoms with Crippen LogP contribution in [0.3, 0.4) is 0 Å². The molecule has 0 aliphatic rings. The van der Waals surface area contributed by atoms with Gasteiger partial charge in [-0.25, -0.2) is 9.59 Å². The largest absolute Gasteiger partial charge is 0.480 e. The molecule has 0 aromatic heterocycles. The van der Waals surface area contributed by atoms with Crippen LogP contribution in [0.15, 0.2) is 0 Å². The molecule has 0 aliphatic carbocycles. The predicted molar refractivity (Wildman–Crippen MR) is 67.3 cm³/mol. The summed E-state index contributed by atoms with van der Waals surface area (Å²) in [6.45, 7) is 2.24. The summed E-state index contributed by atoms with van der Waals surface area (Å²) >= 11 is 0. The summed E-state index contributed by atoms with van der Waals surface area (Å²) in [5, 5.41) is 19.9. The van der Waals surface area contributed by atoms with Crippen molar-refractivity contribution in [2.45, 2.75) is 32.2 Å². The van der Waals surface area contributed by atoms with Gasteiger partial charge in [0.2, 0.25) is 5.91 Å². The molecule has 5 N–H and O–H groups in total. The number of nitrogens with one attached hydrogen (secondary N) is 1. The van der Waals surface area contributed by atoms with Gasteiger partial charge in [0.15, 0.2) is 0 Å². The van der Waals surface area contributed by atoms with E-state index in [2.05, 4.69) is 5.32 Å². The first kappa shape index (κ1) is 17.2. The van der Waals surface area contributed by atoms with Crippen LogP contribution in [-0.4, -0.2) is 58.8 Å². The van der Waals surface area contributed by atoms with Crippen LogP contribution in [0.2, 0.25) is 0 Å². The highest BCUT2D eigenvalue weighted by Gasteiger charge is 2.24. The van der Waals surface area contributed by atoms with Crippen LogP contribution in [0.1, 0.15) is 26.2 Å². The number of aliphatic hydroxyl groups excluding tert-OH is 1. The average molecular weight is 275 g/mol. The maximum absolute atomic E-state index is 11.8. The molecule has 0 rings (SSSR count). The highest BCUT2D eigenvalue weighted by molar-refractivity contribution is 5.87. The molecule has 0 unspecified atom stereocenters. The number of carbonyl (C=O) groups is 3. The molecule has 0 bridgehead atoms. The molecule has 8 heteroatoms. The van der Waals surface area contributed by atoms with E-state index in [1.165, 1.54) is 4.90 Å². The van der Waals surface area contributed by atoms with Crippen molar-refractivity contribution < 1.29 is 24.6 Å². The number of amides is 3. The topological polar surface area (TPSA) is 133 Å². The highest BCUT2D eigenvalue weighted by atomic mass is 16.4. The molecule has 0 spiro atoms. The van der Waals surface area contributed by atoms with Gasteiger partial charge in [0, 0.05) is 13.1 Å². The van der Waals surface area contributed by atoms with Crippen LogP contribution in [0.5, 0.6) is 0 Å². The zero-order valence-electron chi connectivity index (χ0n) is 11.0. The molecule has 0 fully saturated rings. The Morgan fingerprint density at radius 2 is 1.95 bits per heavy atom. The highest BCUT2D eigenvalue weighted by Crippen LogP contribution is 1.99. The molecule has 0 aliphatic heterocycles. The number of aliphatic hydroxyl groups is 1. The monoisotopic (exact) mass is 275 g/mol. The van der Waals surface area contributed by atoms with Crippen LogP contribution in [0.25, 0.3) is 0 Å². The van der Waals surface area contributed by atoms with Crippen LogP contribution in [-0.2, 0) is 9.59 Å². The third kappa shape index (κ3) is 7.24. The summed E-state index contributed by atoms with van der Waals surface area (Å²) in [6, 6.07) is -1.98. The number of carboxylic acid groups (broad SMARTS) is 1. The average Bonchev–Trinajstić information content (AvgIpc) is 2.32. The van der Waals surface area contributed by atoms with Crippen molar-refractivity contribution >= 4 is 17.9 Å². The lowest BCUT2D eigenvalue weighted by molar-refractivity contribution is -0.140. The van der Waals surface area contributed by atoms with Gasteiger partial charge in [-0.15, -0.1) is 0 Å². The lowest BCUT2D eigenvalue weighted by Gasteiger charge is -2.24. The van der Waals surface area contributed by atoms with Crippen molar-refractivity contribution in [1.29, 1.82) is 0 Å². The predicted octanol–water partition coefficient (Wildman–Crippen LogP) is -0.881. The third-order valence-corrected chi connectivity index (χ3v) is 2.44. The minimum atomic E-state index is -1.35. The summed E-state index contributed by atoms with van der Waals surface area (Å²) in [6.07, 6.45) is 1.13. The van der Waals surface area contributed by atoms with Crippen molar-refractivity contribution in [2.75, 3.05) is 19.7 Å². The summed E-state index contributed by atoms with van der Waals surface area (Å²) in [4.78, 5) is 34.7. The Morgan fingerprint density at radius 3 is 2.37 bits per heavy atom. The van der Waals surface area contributed by atoms with E-state index in [1.807, 2.05) is 6.92 Å². The number of carboxylic acids is 1. The van der Waals surface area contributed by atoms with Crippen molar-refractivity contribution in [3.05, 3.63) is 0 Å². The van der Waals surface area contributed by atoms with E-state index in [1.54, 1.807) is 0 Å². The number of hydrogen-bond acceptors (Lipinski definition) is 4. The fourth-order valence-corrected chi connectivity index (χ4v) is 1.43. The van der Waals surface area contributed by atoms with Gasteiger partial charge in [0.25, 0.3) is 0 Å². The van der Waals surface area contributed by atoms with Gasteiger partial charge in [-0.2, -0.15) is 0 Å². The number of nitrogens with zero attached hydrogens (tertiary/aromatic N) is 1. The summed E-state index contributed by atoms with van der Waals surface area (Å²) < 4.78 is 0. The third-order valence-electron chi connectivity index (χ3n) is 2.44. The van der Waals surface area contributed by atoms with E-state index >= 15 is 0 Å². The number of unbranched alkanes of at least 4 members (excludes halogenated alkanes) is 1. The number of carbonyl (C=O) groups excluding carboxylic acids is 2. The Bertz CT molecular complexity index is 321. The van der Waals surface area contributed by atoms with E-state index in [0.717, 1.165) is 12.8 Å². The molecule has 1 atom stereocenters. The first-order valence-electron chi connectivity index (χ1n) is 6.09. The fraction of sp³-hybridized carbons (Fsp3) is 0.727. The normalized spacial score (nSPS) is 11.7. The van der Waals surface area contributed by atoms with Crippen molar-refractivity contribution in [2.24, 2.45) is 5.73 Å². The van der Waals surface area contributed by atoms with Crippen LogP contribution < -0.4 is 11.1 Å². The van der Waals surface area contributed by atoms with E-state index in [-0.39, 0.29) is 13.2 Å². The van der Waals surface area contributed by atoms with Crippen molar-refractivity contribution in [1.82, 2.24) is 10.2 Å². The van der Waals surface area contributed by atoms with Gasteiger partial charge in [-0.3, -0.25) is 4.79 Å². The van der Waals surface area contributed by atoms with E-state index in [9.17, 15) is 14.4 Å². The minimum Gasteiger partial charge on any atom is -0.480 e. The molecular weight excluding hydrogens is 254 g/mol. The van der Waals surface area contributed by atoms with Crippen LogP contribution in [0, 0.1) is 0 Å². The Balaban J connectivity index is 4.55. The van der Waals surface area contributed by atoms with E-state index < -0.39 is 30.4 Å². The van der Waals surface area contributed by atoms with Gasteiger partial charge in [0.05, 0.1) is 13.0 Å². The molecule has 110 valence electrons. The van der Waals surface area contributed by atoms with E-state index in [4.69, 9.17) is 15.9 Å². The van der Waals surface area contributed by atoms with Gasteiger partial charge in [-0.05, 0) is 6.42 Å². The van der Waals surface area contributed by atoms with Crippen LogP contribution in [0.4, 0.5) is 4.79 Å². The molecule has 0 saturated heterocycles. The van der Waals surface area contributed by atoms with Crippen molar-refractivity contribution in [3.8, 4) is 0 Å². The first-order chi connectivity index (χ1) is 8.92. The molecular formula is C11H21N3O5. The number of aliphatic carboxylic acids is 1. The lowest BCUT2D eigenvalue weighted by atomic mass is 10.2. The van der Waals surface area contributed by atoms with Crippen LogP contribution >= 0.6 is 0 Å². The summed E-state index contributed by atoms with van der Waals surface area (Å²) in [7, 11) is 0. The molecule has 8 nitrogen and oxygen atoms in total. The SMILES string of the molecule is CCCCN(CCO)C(=O)N[C@H](CC(N)=O)C(=O)O. The number of urea groups is 1. The molecule has 0 aromatic rings. The Hall–Kier alpha value is -1.83. The van der Waals surface area contributed by atoms with Gasteiger partial charge in [-0.1, -0.05) is 13.3 Å². The molecule has 0 aromatic carbocycles. The maximum Gasteiger partial charge on any atom is 0.326 e. The first-order valence-corrected chi connectivity index (χ1v) is 6.09. The van der Waals surface area contributed by atoms with Gasteiger partial charge in [0.1, 0.15) is 6.04 Å².